The van der Waals surface area contributed by atoms with E-state index >= 15 is 0 Å². The Morgan fingerprint density at radius 1 is 1.17 bits per heavy atom. The van der Waals surface area contributed by atoms with Crippen LogP contribution in [0.25, 0.3) is 0 Å². The van der Waals surface area contributed by atoms with Crippen LogP contribution in [0.3, 0.4) is 0 Å². The van der Waals surface area contributed by atoms with Gasteiger partial charge in [0.2, 0.25) is 5.91 Å². The number of carbonyl (C=O) groups excluding carboxylic acids is 1. The van der Waals surface area contributed by atoms with E-state index in [2.05, 4.69) is 47.7 Å². The van der Waals surface area contributed by atoms with Crippen molar-refractivity contribution in [1.29, 1.82) is 0 Å². The highest BCUT2D eigenvalue weighted by atomic mass is 16.2. The van der Waals surface area contributed by atoms with Gasteiger partial charge in [0, 0.05) is 50.7 Å². The Balaban J connectivity index is 1.57. The van der Waals surface area contributed by atoms with E-state index < -0.39 is 0 Å². The fraction of sp³-hybridized carbons (Fsp3) is 0.632. The van der Waals surface area contributed by atoms with Crippen molar-refractivity contribution >= 4 is 5.91 Å². The summed E-state index contributed by atoms with van der Waals surface area (Å²) >= 11 is 0. The summed E-state index contributed by atoms with van der Waals surface area (Å²) in [6.45, 7) is 9.56. The van der Waals surface area contributed by atoms with Gasteiger partial charge in [0.15, 0.2) is 0 Å². The first kappa shape index (κ1) is 16.5. The second-order valence-corrected chi connectivity index (χ2v) is 7.68. The third-order valence-corrected chi connectivity index (χ3v) is 5.26. The van der Waals surface area contributed by atoms with Crippen LogP contribution in [0.2, 0.25) is 0 Å². The van der Waals surface area contributed by atoms with Gasteiger partial charge < -0.3 is 9.80 Å². The number of aryl methyl sites for hydroxylation is 1. The second kappa shape index (κ2) is 6.62. The van der Waals surface area contributed by atoms with Crippen LogP contribution in [-0.2, 0) is 11.2 Å². The van der Waals surface area contributed by atoms with Crippen LogP contribution in [0.15, 0.2) is 30.3 Å². The van der Waals surface area contributed by atoms with Crippen molar-refractivity contribution < 1.29 is 4.79 Å². The van der Waals surface area contributed by atoms with Crippen LogP contribution in [0, 0.1) is 0 Å². The molecule has 0 spiro atoms. The van der Waals surface area contributed by atoms with Gasteiger partial charge in [-0.05, 0) is 32.9 Å². The van der Waals surface area contributed by atoms with Gasteiger partial charge >= 0.3 is 0 Å². The summed E-state index contributed by atoms with van der Waals surface area (Å²) in [6.07, 6.45) is 1.46. The third-order valence-electron chi connectivity index (χ3n) is 5.26. The van der Waals surface area contributed by atoms with Crippen molar-refractivity contribution in [2.45, 2.75) is 38.3 Å². The SMILES string of the molecule is CN1CC2CN(C(=O)CCc3ccccc3)CCN2C(C)(C)C1. The van der Waals surface area contributed by atoms with Crippen molar-refractivity contribution in [1.82, 2.24) is 14.7 Å². The van der Waals surface area contributed by atoms with Crippen LogP contribution >= 0.6 is 0 Å². The molecule has 0 bridgehead atoms. The van der Waals surface area contributed by atoms with Gasteiger partial charge in [-0.15, -0.1) is 0 Å². The Kier molecular flexibility index (Phi) is 4.74. The molecular formula is C19H29N3O. The standard InChI is InChI=1S/C19H29N3O/c1-19(2)15-20(3)13-17-14-21(11-12-22(17)19)18(23)10-9-16-7-5-4-6-8-16/h4-8,17H,9-15H2,1-3H3. The topological polar surface area (TPSA) is 26.8 Å². The summed E-state index contributed by atoms with van der Waals surface area (Å²) in [4.78, 5) is 19.7. The lowest BCUT2D eigenvalue weighted by Crippen LogP contribution is -2.69. The lowest BCUT2D eigenvalue weighted by molar-refractivity contribution is -0.138. The van der Waals surface area contributed by atoms with Gasteiger partial charge in [-0.2, -0.15) is 0 Å². The molecule has 2 aliphatic heterocycles. The predicted octanol–water partition coefficient (Wildman–Crippen LogP) is 1.86. The van der Waals surface area contributed by atoms with Gasteiger partial charge in [-0.1, -0.05) is 30.3 Å². The molecule has 2 fully saturated rings. The van der Waals surface area contributed by atoms with Crippen LogP contribution in [0.1, 0.15) is 25.8 Å². The zero-order chi connectivity index (χ0) is 16.4. The average molecular weight is 315 g/mol. The van der Waals surface area contributed by atoms with E-state index in [0.29, 0.717) is 18.4 Å². The summed E-state index contributed by atoms with van der Waals surface area (Å²) < 4.78 is 0. The maximum absolute atomic E-state index is 12.6. The average Bonchev–Trinajstić information content (AvgIpc) is 2.52. The highest BCUT2D eigenvalue weighted by Crippen LogP contribution is 2.27. The van der Waals surface area contributed by atoms with E-state index in [1.165, 1.54) is 5.56 Å². The molecule has 4 nitrogen and oxygen atoms in total. The Hall–Kier alpha value is -1.39. The van der Waals surface area contributed by atoms with Crippen molar-refractivity contribution in [3.05, 3.63) is 35.9 Å². The molecule has 1 amide bonds. The highest BCUT2D eigenvalue weighted by molar-refractivity contribution is 5.76. The molecule has 1 aromatic carbocycles. The number of hydrogen-bond acceptors (Lipinski definition) is 3. The quantitative estimate of drug-likeness (QED) is 0.852. The van der Waals surface area contributed by atoms with E-state index in [-0.39, 0.29) is 5.54 Å². The van der Waals surface area contributed by atoms with Crippen LogP contribution < -0.4 is 0 Å². The van der Waals surface area contributed by atoms with Crippen molar-refractivity contribution in [3.63, 3.8) is 0 Å². The summed E-state index contributed by atoms with van der Waals surface area (Å²) in [6, 6.07) is 10.8. The Morgan fingerprint density at radius 3 is 2.65 bits per heavy atom. The molecule has 126 valence electrons. The van der Waals surface area contributed by atoms with Crippen LogP contribution in [0.5, 0.6) is 0 Å². The Bertz CT molecular complexity index is 543. The van der Waals surface area contributed by atoms with Crippen LogP contribution in [-0.4, -0.2) is 72.0 Å². The molecule has 1 atom stereocenters. The maximum atomic E-state index is 12.6. The minimum absolute atomic E-state index is 0.205. The van der Waals surface area contributed by atoms with E-state index in [1.54, 1.807) is 0 Å². The van der Waals surface area contributed by atoms with E-state index in [1.807, 2.05) is 18.2 Å². The van der Waals surface area contributed by atoms with Crippen molar-refractivity contribution in [2.24, 2.45) is 0 Å². The molecule has 0 aliphatic carbocycles. The smallest absolute Gasteiger partial charge is 0.222 e. The van der Waals surface area contributed by atoms with E-state index in [4.69, 9.17) is 0 Å². The molecular weight excluding hydrogens is 286 g/mol. The number of nitrogens with zero attached hydrogens (tertiary/aromatic N) is 3. The molecule has 0 saturated carbocycles. The molecule has 2 heterocycles. The molecule has 1 unspecified atom stereocenters. The Labute approximate surface area is 140 Å². The maximum Gasteiger partial charge on any atom is 0.222 e. The molecule has 0 N–H and O–H groups in total. The molecule has 23 heavy (non-hydrogen) atoms. The summed E-state index contributed by atoms with van der Waals surface area (Å²) in [5, 5.41) is 0. The van der Waals surface area contributed by atoms with Gasteiger partial charge in [0.05, 0.1) is 0 Å². The van der Waals surface area contributed by atoms with Crippen LogP contribution in [0.4, 0.5) is 0 Å². The largest absolute Gasteiger partial charge is 0.340 e. The number of carbonyl (C=O) groups is 1. The highest BCUT2D eigenvalue weighted by Gasteiger charge is 2.42. The fourth-order valence-corrected chi connectivity index (χ4v) is 4.26. The third kappa shape index (κ3) is 3.75. The number of hydrogen-bond donors (Lipinski definition) is 0. The second-order valence-electron chi connectivity index (χ2n) is 7.68. The summed E-state index contributed by atoms with van der Waals surface area (Å²) in [7, 11) is 2.19. The summed E-state index contributed by atoms with van der Waals surface area (Å²) in [5.74, 6) is 0.305. The lowest BCUT2D eigenvalue weighted by Gasteiger charge is -2.55. The zero-order valence-electron chi connectivity index (χ0n) is 14.7. The number of fused-ring (bicyclic) bond motifs is 1. The predicted molar refractivity (Wildman–Crippen MR) is 93.4 cm³/mol. The van der Waals surface area contributed by atoms with Gasteiger partial charge in [-0.3, -0.25) is 9.69 Å². The molecule has 0 aromatic heterocycles. The normalized spacial score (nSPS) is 25.2. The van der Waals surface area contributed by atoms with E-state index in [9.17, 15) is 4.79 Å². The molecule has 2 aliphatic rings. The Morgan fingerprint density at radius 2 is 1.91 bits per heavy atom. The van der Waals surface area contributed by atoms with Crippen molar-refractivity contribution in [2.75, 3.05) is 39.8 Å². The first-order chi connectivity index (χ1) is 11.0. The number of amides is 1. The molecule has 1 aromatic rings. The van der Waals surface area contributed by atoms with Crippen molar-refractivity contribution in [3.8, 4) is 0 Å². The minimum atomic E-state index is 0.205. The van der Waals surface area contributed by atoms with Gasteiger partial charge in [0.25, 0.3) is 0 Å². The zero-order valence-corrected chi connectivity index (χ0v) is 14.7. The molecule has 0 radical (unpaired) electrons. The van der Waals surface area contributed by atoms with Gasteiger partial charge in [0.1, 0.15) is 0 Å². The minimum Gasteiger partial charge on any atom is -0.340 e. The van der Waals surface area contributed by atoms with E-state index in [0.717, 1.165) is 39.1 Å². The number of piperazine rings is 2. The number of benzene rings is 1. The molecule has 3 rings (SSSR count). The number of rotatable bonds is 3. The lowest BCUT2D eigenvalue weighted by atomic mass is 9.93. The monoisotopic (exact) mass is 315 g/mol. The first-order valence-electron chi connectivity index (χ1n) is 8.73. The summed E-state index contributed by atoms with van der Waals surface area (Å²) in [5.41, 5.74) is 1.45. The van der Waals surface area contributed by atoms with Gasteiger partial charge in [-0.25, -0.2) is 0 Å². The molecule has 2 saturated heterocycles. The fourth-order valence-electron chi connectivity index (χ4n) is 4.26. The number of likely N-dealkylation sites (N-methyl/N-ethyl adjacent to an activating group) is 1. The molecule has 4 heteroatoms. The first-order valence-corrected chi connectivity index (χ1v) is 8.73.